The predicted molar refractivity (Wildman–Crippen MR) is 64.3 cm³/mol. The minimum absolute atomic E-state index is 0.366. The lowest BCUT2D eigenvalue weighted by Gasteiger charge is -2.22. The summed E-state index contributed by atoms with van der Waals surface area (Å²) in [6, 6.07) is 0.366. The molecule has 0 aliphatic carbocycles. The fourth-order valence-electron chi connectivity index (χ4n) is 2.39. The first-order chi connectivity index (χ1) is 7.90. The Morgan fingerprint density at radius 3 is 3.06 bits per heavy atom. The lowest BCUT2D eigenvalue weighted by Crippen LogP contribution is -2.35. The van der Waals surface area contributed by atoms with Gasteiger partial charge in [0.05, 0.1) is 18.8 Å². The third kappa shape index (κ3) is 3.22. The molecular weight excluding hydrogens is 202 g/mol. The average Bonchev–Trinajstić information content (AvgIpc) is 2.96. The largest absolute Gasteiger partial charge is 0.496 e. The molecule has 0 saturated carbocycles. The molecule has 3 heteroatoms. The van der Waals surface area contributed by atoms with Gasteiger partial charge in [-0.15, -0.1) is 0 Å². The van der Waals surface area contributed by atoms with Crippen molar-refractivity contribution in [1.82, 2.24) is 5.32 Å². The Hall–Kier alpha value is -0.540. The molecule has 0 aromatic heterocycles. The summed E-state index contributed by atoms with van der Waals surface area (Å²) in [7, 11) is 0. The number of rotatable bonds is 6. The smallest absolute Gasteiger partial charge is 0.109 e. The second-order valence-electron chi connectivity index (χ2n) is 4.62. The third-order valence-electron chi connectivity index (χ3n) is 3.24. The molecule has 2 atom stereocenters. The zero-order chi connectivity index (χ0) is 11.2. The first kappa shape index (κ1) is 11.9. The second-order valence-corrected chi connectivity index (χ2v) is 4.62. The molecule has 0 aromatic carbocycles. The SMILES string of the molecule is CCCNC(CC1CCCO1)C1=CCCO1. The van der Waals surface area contributed by atoms with E-state index in [-0.39, 0.29) is 0 Å². The van der Waals surface area contributed by atoms with E-state index >= 15 is 0 Å². The van der Waals surface area contributed by atoms with E-state index in [4.69, 9.17) is 9.47 Å². The molecule has 1 fully saturated rings. The summed E-state index contributed by atoms with van der Waals surface area (Å²) in [6.07, 6.45) is 8.36. The van der Waals surface area contributed by atoms with Gasteiger partial charge >= 0.3 is 0 Å². The quantitative estimate of drug-likeness (QED) is 0.752. The van der Waals surface area contributed by atoms with Crippen LogP contribution in [0.4, 0.5) is 0 Å². The van der Waals surface area contributed by atoms with Crippen molar-refractivity contribution in [2.45, 2.75) is 51.2 Å². The number of hydrogen-bond donors (Lipinski definition) is 1. The van der Waals surface area contributed by atoms with Crippen molar-refractivity contribution < 1.29 is 9.47 Å². The van der Waals surface area contributed by atoms with Crippen LogP contribution in [0.3, 0.4) is 0 Å². The normalized spacial score (nSPS) is 26.6. The lowest BCUT2D eigenvalue weighted by molar-refractivity contribution is 0.0897. The molecule has 2 heterocycles. The summed E-state index contributed by atoms with van der Waals surface area (Å²) in [5.41, 5.74) is 0. The van der Waals surface area contributed by atoms with Gasteiger partial charge in [-0.3, -0.25) is 0 Å². The molecule has 92 valence electrons. The fourth-order valence-corrected chi connectivity index (χ4v) is 2.39. The van der Waals surface area contributed by atoms with E-state index in [0.717, 1.165) is 44.8 Å². The van der Waals surface area contributed by atoms with Crippen LogP contribution in [-0.2, 0) is 9.47 Å². The maximum absolute atomic E-state index is 5.70. The van der Waals surface area contributed by atoms with Crippen molar-refractivity contribution in [2.24, 2.45) is 0 Å². The summed E-state index contributed by atoms with van der Waals surface area (Å²) in [5.74, 6) is 1.14. The maximum atomic E-state index is 5.70. The lowest BCUT2D eigenvalue weighted by atomic mass is 10.0. The van der Waals surface area contributed by atoms with Gasteiger partial charge in [-0.25, -0.2) is 0 Å². The van der Waals surface area contributed by atoms with Crippen LogP contribution in [0.15, 0.2) is 11.8 Å². The molecule has 1 N–H and O–H groups in total. The number of nitrogens with one attached hydrogen (secondary N) is 1. The van der Waals surface area contributed by atoms with Crippen molar-refractivity contribution in [2.75, 3.05) is 19.8 Å². The van der Waals surface area contributed by atoms with E-state index in [0.29, 0.717) is 12.1 Å². The molecular formula is C13H23NO2. The van der Waals surface area contributed by atoms with Crippen molar-refractivity contribution in [1.29, 1.82) is 0 Å². The Kier molecular flexibility index (Phi) is 4.67. The Morgan fingerprint density at radius 2 is 2.44 bits per heavy atom. The van der Waals surface area contributed by atoms with E-state index in [1.807, 2.05) is 0 Å². The summed E-state index contributed by atoms with van der Waals surface area (Å²) in [6.45, 7) is 5.04. The maximum Gasteiger partial charge on any atom is 0.109 e. The predicted octanol–water partition coefficient (Wildman–Crippen LogP) is 2.23. The monoisotopic (exact) mass is 225 g/mol. The van der Waals surface area contributed by atoms with Crippen molar-refractivity contribution in [3.8, 4) is 0 Å². The van der Waals surface area contributed by atoms with Gasteiger partial charge in [0.25, 0.3) is 0 Å². The molecule has 1 saturated heterocycles. The van der Waals surface area contributed by atoms with Crippen molar-refractivity contribution in [3.63, 3.8) is 0 Å². The van der Waals surface area contributed by atoms with E-state index in [1.165, 1.54) is 12.8 Å². The van der Waals surface area contributed by atoms with Gasteiger partial charge in [0.1, 0.15) is 5.76 Å². The summed E-state index contributed by atoms with van der Waals surface area (Å²) in [5, 5.41) is 3.56. The van der Waals surface area contributed by atoms with Crippen LogP contribution >= 0.6 is 0 Å². The topological polar surface area (TPSA) is 30.5 Å². The van der Waals surface area contributed by atoms with Gasteiger partial charge in [0.15, 0.2) is 0 Å². The fraction of sp³-hybridized carbons (Fsp3) is 0.846. The van der Waals surface area contributed by atoms with Crippen LogP contribution in [0.2, 0.25) is 0 Å². The average molecular weight is 225 g/mol. The Bertz CT molecular complexity index is 234. The van der Waals surface area contributed by atoms with E-state index in [2.05, 4.69) is 18.3 Å². The highest BCUT2D eigenvalue weighted by Gasteiger charge is 2.25. The molecule has 2 aliphatic rings. The molecule has 0 aromatic rings. The molecule has 2 aliphatic heterocycles. The van der Waals surface area contributed by atoms with Gasteiger partial charge in [0, 0.05) is 13.0 Å². The Balaban J connectivity index is 1.85. The highest BCUT2D eigenvalue weighted by Crippen LogP contribution is 2.23. The summed E-state index contributed by atoms with van der Waals surface area (Å²) < 4.78 is 11.4. The molecule has 3 nitrogen and oxygen atoms in total. The van der Waals surface area contributed by atoms with Crippen LogP contribution in [0, 0.1) is 0 Å². The van der Waals surface area contributed by atoms with Gasteiger partial charge < -0.3 is 14.8 Å². The third-order valence-corrected chi connectivity index (χ3v) is 3.24. The molecule has 0 spiro atoms. The highest BCUT2D eigenvalue weighted by atomic mass is 16.5. The second kappa shape index (κ2) is 6.26. The summed E-state index contributed by atoms with van der Waals surface area (Å²) in [4.78, 5) is 0. The van der Waals surface area contributed by atoms with E-state index < -0.39 is 0 Å². The van der Waals surface area contributed by atoms with E-state index in [1.54, 1.807) is 0 Å². The standard InChI is InChI=1S/C13H23NO2/c1-2-7-14-12(13-6-4-9-16-13)10-11-5-3-8-15-11/h6,11-12,14H,2-5,7-10H2,1H3. The Morgan fingerprint density at radius 1 is 1.50 bits per heavy atom. The minimum Gasteiger partial charge on any atom is -0.496 e. The molecule has 2 unspecified atom stereocenters. The number of hydrogen-bond acceptors (Lipinski definition) is 3. The van der Waals surface area contributed by atoms with Crippen LogP contribution < -0.4 is 5.32 Å². The van der Waals surface area contributed by atoms with Crippen LogP contribution in [-0.4, -0.2) is 31.9 Å². The van der Waals surface area contributed by atoms with Gasteiger partial charge in [-0.2, -0.15) is 0 Å². The molecule has 16 heavy (non-hydrogen) atoms. The number of ether oxygens (including phenoxy) is 2. The molecule has 0 amide bonds. The first-order valence-electron chi connectivity index (χ1n) is 6.58. The van der Waals surface area contributed by atoms with Gasteiger partial charge in [-0.1, -0.05) is 6.92 Å². The summed E-state index contributed by atoms with van der Waals surface area (Å²) >= 11 is 0. The zero-order valence-corrected chi connectivity index (χ0v) is 10.2. The zero-order valence-electron chi connectivity index (χ0n) is 10.2. The van der Waals surface area contributed by atoms with Crippen molar-refractivity contribution >= 4 is 0 Å². The molecule has 0 radical (unpaired) electrons. The highest BCUT2D eigenvalue weighted by molar-refractivity contribution is 5.07. The molecule has 2 rings (SSSR count). The van der Waals surface area contributed by atoms with Crippen LogP contribution in [0.5, 0.6) is 0 Å². The first-order valence-corrected chi connectivity index (χ1v) is 6.58. The van der Waals surface area contributed by atoms with E-state index in [9.17, 15) is 0 Å². The van der Waals surface area contributed by atoms with Crippen LogP contribution in [0.1, 0.15) is 39.0 Å². The Labute approximate surface area is 98.2 Å². The minimum atomic E-state index is 0.366. The van der Waals surface area contributed by atoms with Crippen molar-refractivity contribution in [3.05, 3.63) is 11.8 Å². The van der Waals surface area contributed by atoms with Crippen LogP contribution in [0.25, 0.3) is 0 Å². The van der Waals surface area contributed by atoms with Gasteiger partial charge in [-0.05, 0) is 38.3 Å². The van der Waals surface area contributed by atoms with Gasteiger partial charge in [0.2, 0.25) is 0 Å². The molecule has 0 bridgehead atoms.